The maximum Gasteiger partial charge on any atom is 0.337 e. The Morgan fingerprint density at radius 2 is 1.83 bits per heavy atom. The Balaban J connectivity index is 1.48. The number of carbonyl (C=O) groups is 2. The van der Waals surface area contributed by atoms with E-state index in [9.17, 15) is 9.59 Å². The fraction of sp³-hybridized carbons (Fsp3) is 0.167. The second kappa shape index (κ2) is 8.69. The highest BCUT2D eigenvalue weighted by molar-refractivity contribution is 6.03. The Kier molecular flexibility index (Phi) is 5.66. The van der Waals surface area contributed by atoms with Crippen LogP contribution in [0.5, 0.6) is 17.2 Å². The van der Waals surface area contributed by atoms with Crippen LogP contribution in [0.1, 0.15) is 26.3 Å². The minimum absolute atomic E-state index is 0.0818. The third kappa shape index (κ3) is 4.27. The summed E-state index contributed by atoms with van der Waals surface area (Å²) in [6.07, 6.45) is -0.824. The van der Waals surface area contributed by atoms with Crippen molar-refractivity contribution in [2.45, 2.75) is 12.7 Å². The Morgan fingerprint density at radius 1 is 1.00 bits per heavy atom. The molecule has 0 N–H and O–H groups in total. The molecular weight excluding hydrogens is 384 g/mol. The molecule has 6 nitrogen and oxygen atoms in total. The standard InChI is InChI=1S/C24H20O6/c1-27-24(26)17-8-5-9-19(12-17)30-22-15-29-21-11-10-18(13-20(21)23(22)25)28-14-16-6-3-2-4-7-16/h2-13,22H,14-15H2,1H3. The molecule has 3 aromatic carbocycles. The number of hydrogen-bond acceptors (Lipinski definition) is 6. The van der Waals surface area contributed by atoms with Crippen LogP contribution in [0.15, 0.2) is 72.8 Å². The van der Waals surface area contributed by atoms with Gasteiger partial charge in [0.1, 0.15) is 30.5 Å². The quantitative estimate of drug-likeness (QED) is 0.577. The monoisotopic (exact) mass is 404 g/mol. The van der Waals surface area contributed by atoms with Gasteiger partial charge in [-0.05, 0) is 42.0 Å². The Bertz CT molecular complexity index is 1060. The number of Topliss-reactive ketones (excluding diaryl/α,β-unsaturated/α-hetero) is 1. The molecular formula is C24H20O6. The van der Waals surface area contributed by atoms with Crippen molar-refractivity contribution in [3.63, 3.8) is 0 Å². The van der Waals surface area contributed by atoms with Crippen LogP contribution in [0.4, 0.5) is 0 Å². The van der Waals surface area contributed by atoms with Crippen LogP contribution in [-0.4, -0.2) is 31.6 Å². The molecule has 1 aliphatic heterocycles. The van der Waals surface area contributed by atoms with E-state index in [1.165, 1.54) is 13.2 Å². The van der Waals surface area contributed by atoms with Crippen molar-refractivity contribution in [2.24, 2.45) is 0 Å². The zero-order valence-corrected chi connectivity index (χ0v) is 16.4. The first kappa shape index (κ1) is 19.5. The average molecular weight is 404 g/mol. The van der Waals surface area contributed by atoms with Crippen LogP contribution >= 0.6 is 0 Å². The molecule has 0 radical (unpaired) electrons. The molecule has 0 aromatic heterocycles. The number of benzene rings is 3. The third-order valence-corrected chi connectivity index (χ3v) is 4.68. The number of esters is 1. The molecule has 1 heterocycles. The van der Waals surface area contributed by atoms with Crippen molar-refractivity contribution in [1.29, 1.82) is 0 Å². The topological polar surface area (TPSA) is 71.1 Å². The normalized spacial score (nSPS) is 15.0. The average Bonchev–Trinajstić information content (AvgIpc) is 2.80. The van der Waals surface area contributed by atoms with Crippen LogP contribution in [0.2, 0.25) is 0 Å². The van der Waals surface area contributed by atoms with E-state index in [0.29, 0.717) is 35.0 Å². The predicted molar refractivity (Wildman–Crippen MR) is 109 cm³/mol. The SMILES string of the molecule is COC(=O)c1cccc(OC2COc3ccc(OCc4ccccc4)cc3C2=O)c1. The van der Waals surface area contributed by atoms with E-state index in [-0.39, 0.29) is 12.4 Å². The van der Waals surface area contributed by atoms with Gasteiger partial charge in [0.2, 0.25) is 5.78 Å². The third-order valence-electron chi connectivity index (χ3n) is 4.68. The lowest BCUT2D eigenvalue weighted by atomic mass is 10.0. The van der Waals surface area contributed by atoms with E-state index >= 15 is 0 Å². The Morgan fingerprint density at radius 3 is 2.63 bits per heavy atom. The molecule has 1 atom stereocenters. The Hall–Kier alpha value is -3.80. The first-order chi connectivity index (χ1) is 14.6. The van der Waals surface area contributed by atoms with Gasteiger partial charge >= 0.3 is 5.97 Å². The van der Waals surface area contributed by atoms with Gasteiger partial charge in [0, 0.05) is 0 Å². The fourth-order valence-electron chi connectivity index (χ4n) is 3.14. The minimum atomic E-state index is -0.824. The van der Waals surface area contributed by atoms with Crippen LogP contribution in [-0.2, 0) is 11.3 Å². The maximum atomic E-state index is 13.0. The van der Waals surface area contributed by atoms with Gasteiger partial charge in [-0.2, -0.15) is 0 Å². The molecule has 0 bridgehead atoms. The van der Waals surface area contributed by atoms with E-state index in [1.807, 2.05) is 30.3 Å². The molecule has 0 spiro atoms. The molecule has 152 valence electrons. The largest absolute Gasteiger partial charge is 0.489 e. The number of ketones is 1. The van der Waals surface area contributed by atoms with Gasteiger partial charge in [-0.1, -0.05) is 36.4 Å². The van der Waals surface area contributed by atoms with Gasteiger partial charge in [0.25, 0.3) is 0 Å². The molecule has 3 aromatic rings. The second-order valence-corrected chi connectivity index (χ2v) is 6.73. The van der Waals surface area contributed by atoms with Gasteiger partial charge in [-0.3, -0.25) is 4.79 Å². The summed E-state index contributed by atoms with van der Waals surface area (Å²) < 4.78 is 22.0. The van der Waals surface area contributed by atoms with Crippen molar-refractivity contribution in [3.05, 3.63) is 89.5 Å². The molecule has 0 saturated carbocycles. The number of hydrogen-bond donors (Lipinski definition) is 0. The molecule has 6 heteroatoms. The van der Waals surface area contributed by atoms with Crippen LogP contribution < -0.4 is 14.2 Å². The van der Waals surface area contributed by atoms with Crippen LogP contribution in [0, 0.1) is 0 Å². The van der Waals surface area contributed by atoms with Crippen LogP contribution in [0.3, 0.4) is 0 Å². The number of carbonyl (C=O) groups excluding carboxylic acids is 2. The van der Waals surface area contributed by atoms with Crippen molar-refractivity contribution in [2.75, 3.05) is 13.7 Å². The summed E-state index contributed by atoms with van der Waals surface area (Å²) in [6, 6.07) is 21.4. The lowest BCUT2D eigenvalue weighted by Crippen LogP contribution is -2.37. The first-order valence-corrected chi connectivity index (χ1v) is 9.47. The summed E-state index contributed by atoms with van der Waals surface area (Å²) in [6.45, 7) is 0.480. The summed E-state index contributed by atoms with van der Waals surface area (Å²) in [7, 11) is 1.31. The molecule has 30 heavy (non-hydrogen) atoms. The van der Waals surface area contributed by atoms with Gasteiger partial charge in [0.15, 0.2) is 6.10 Å². The molecule has 1 aliphatic rings. The van der Waals surface area contributed by atoms with E-state index in [4.69, 9.17) is 18.9 Å². The van der Waals surface area contributed by atoms with Gasteiger partial charge < -0.3 is 18.9 Å². The first-order valence-electron chi connectivity index (χ1n) is 9.47. The molecule has 4 rings (SSSR count). The van der Waals surface area contributed by atoms with E-state index in [2.05, 4.69) is 0 Å². The molecule has 0 saturated heterocycles. The highest BCUT2D eigenvalue weighted by Gasteiger charge is 2.31. The smallest absolute Gasteiger partial charge is 0.337 e. The van der Waals surface area contributed by atoms with Crippen LogP contribution in [0.25, 0.3) is 0 Å². The number of ether oxygens (including phenoxy) is 4. The summed E-state index contributed by atoms with van der Waals surface area (Å²) in [5.41, 5.74) is 1.78. The lowest BCUT2D eigenvalue weighted by Gasteiger charge is -2.25. The van der Waals surface area contributed by atoms with Crippen molar-refractivity contribution in [1.82, 2.24) is 0 Å². The van der Waals surface area contributed by atoms with E-state index in [0.717, 1.165) is 5.56 Å². The van der Waals surface area contributed by atoms with E-state index < -0.39 is 12.1 Å². The minimum Gasteiger partial charge on any atom is -0.489 e. The fourth-order valence-corrected chi connectivity index (χ4v) is 3.14. The predicted octanol–water partition coefficient (Wildman–Crippen LogP) is 4.07. The van der Waals surface area contributed by atoms with Gasteiger partial charge in [-0.15, -0.1) is 0 Å². The summed E-state index contributed by atoms with van der Waals surface area (Å²) in [5, 5.41) is 0. The molecule has 0 aliphatic carbocycles. The lowest BCUT2D eigenvalue weighted by molar-refractivity contribution is 0.0598. The second-order valence-electron chi connectivity index (χ2n) is 6.73. The zero-order chi connectivity index (χ0) is 20.9. The zero-order valence-electron chi connectivity index (χ0n) is 16.4. The summed E-state index contributed by atoms with van der Waals surface area (Å²) in [4.78, 5) is 24.7. The molecule has 0 amide bonds. The maximum absolute atomic E-state index is 13.0. The highest BCUT2D eigenvalue weighted by Crippen LogP contribution is 2.30. The molecule has 0 fully saturated rings. The summed E-state index contributed by atoms with van der Waals surface area (Å²) >= 11 is 0. The van der Waals surface area contributed by atoms with Gasteiger partial charge in [0.05, 0.1) is 18.2 Å². The van der Waals surface area contributed by atoms with Crippen molar-refractivity contribution >= 4 is 11.8 Å². The van der Waals surface area contributed by atoms with E-state index in [1.54, 1.807) is 36.4 Å². The number of methoxy groups -OCH3 is 1. The van der Waals surface area contributed by atoms with Crippen molar-refractivity contribution < 1.29 is 28.5 Å². The Labute approximate surface area is 174 Å². The number of fused-ring (bicyclic) bond motifs is 1. The highest BCUT2D eigenvalue weighted by atomic mass is 16.5. The van der Waals surface area contributed by atoms with Crippen molar-refractivity contribution in [3.8, 4) is 17.2 Å². The summed E-state index contributed by atoms with van der Waals surface area (Å²) in [5.74, 6) is 0.778. The van der Waals surface area contributed by atoms with Gasteiger partial charge in [-0.25, -0.2) is 4.79 Å². The number of rotatable bonds is 6. The molecule has 1 unspecified atom stereocenters.